The first kappa shape index (κ1) is 17.9. The molecule has 11 nitrogen and oxygen atoms in total. The fraction of sp³-hybridized carbons (Fsp3) is 0.750. The largest absolute Gasteiger partial charge is 0.499 e. The van der Waals surface area contributed by atoms with Gasteiger partial charge in [-0.25, -0.2) is 4.79 Å². The van der Waals surface area contributed by atoms with Crippen molar-refractivity contribution in [3.63, 3.8) is 0 Å². The second kappa shape index (κ2) is 6.97. The van der Waals surface area contributed by atoms with Crippen LogP contribution in [-0.4, -0.2) is 97.8 Å². The molecule has 0 aromatic heterocycles. The molecule has 2 aliphatic heterocycles. The molecule has 0 aliphatic carbocycles. The Morgan fingerprint density at radius 2 is 1.78 bits per heavy atom. The van der Waals surface area contributed by atoms with Gasteiger partial charge >= 0.3 is 5.97 Å². The summed E-state index contributed by atoms with van der Waals surface area (Å²) in [6.07, 6.45) is -11.2. The maximum Gasteiger partial charge on any atom is 0.378 e. The third kappa shape index (κ3) is 3.26. The van der Waals surface area contributed by atoms with Gasteiger partial charge < -0.3 is 50.0 Å². The molecule has 2 heterocycles. The van der Waals surface area contributed by atoms with E-state index < -0.39 is 73.6 Å². The monoisotopic (exact) mass is 338 g/mol. The highest BCUT2D eigenvalue weighted by molar-refractivity contribution is 5.89. The fourth-order valence-electron chi connectivity index (χ4n) is 2.22. The van der Waals surface area contributed by atoms with Crippen LogP contribution in [0.2, 0.25) is 0 Å². The van der Waals surface area contributed by atoms with E-state index in [2.05, 4.69) is 4.74 Å². The molecule has 1 unspecified atom stereocenters. The van der Waals surface area contributed by atoms with Gasteiger partial charge in [0, 0.05) is 0 Å². The molecule has 2 aliphatic rings. The van der Waals surface area contributed by atoms with Crippen LogP contribution in [-0.2, 0) is 19.0 Å². The summed E-state index contributed by atoms with van der Waals surface area (Å²) in [5.74, 6) is -2.83. The Morgan fingerprint density at radius 3 is 2.35 bits per heavy atom. The molecule has 0 aromatic carbocycles. The Kier molecular flexibility index (Phi) is 5.41. The van der Waals surface area contributed by atoms with E-state index in [0.717, 1.165) is 0 Å². The van der Waals surface area contributed by atoms with Crippen molar-refractivity contribution in [3.05, 3.63) is 11.5 Å². The second-order valence-corrected chi connectivity index (χ2v) is 5.10. The Hall–Kier alpha value is -1.47. The molecule has 1 saturated heterocycles. The Bertz CT molecular complexity index is 476. The molecule has 2 rings (SSSR count). The van der Waals surface area contributed by atoms with Crippen molar-refractivity contribution in [1.82, 2.24) is 0 Å². The lowest BCUT2D eigenvalue weighted by molar-refractivity contribution is -0.294. The number of ether oxygens (including phenoxy) is 3. The van der Waals surface area contributed by atoms with Gasteiger partial charge in [-0.3, -0.25) is 0 Å². The highest BCUT2D eigenvalue weighted by Crippen LogP contribution is 2.30. The van der Waals surface area contributed by atoms with Crippen LogP contribution in [0, 0.1) is 0 Å². The van der Waals surface area contributed by atoms with Gasteiger partial charge in [0.1, 0.15) is 30.5 Å². The smallest absolute Gasteiger partial charge is 0.378 e. The molecule has 0 bridgehead atoms. The molecule has 0 spiro atoms. The van der Waals surface area contributed by atoms with Crippen LogP contribution in [0.5, 0.6) is 0 Å². The molecule has 0 aromatic rings. The zero-order valence-corrected chi connectivity index (χ0v) is 11.7. The van der Waals surface area contributed by atoms with Crippen molar-refractivity contribution >= 4 is 5.97 Å². The SMILES string of the molecule is O=C1O[C@H]([C@@H](O)CO)C(OC2O[C@H](CO)[C@H](O)[C@H](O)[C@H]2O)=C1O. The zero-order valence-electron chi connectivity index (χ0n) is 11.7. The van der Waals surface area contributed by atoms with E-state index in [1.165, 1.54) is 0 Å². The molecule has 7 atom stereocenters. The summed E-state index contributed by atoms with van der Waals surface area (Å²) >= 11 is 0. The molecule has 7 N–H and O–H groups in total. The minimum absolute atomic E-state index is 0.610. The molecule has 1 fully saturated rings. The van der Waals surface area contributed by atoms with Gasteiger partial charge in [0.15, 0.2) is 11.9 Å². The number of aliphatic hydroxyl groups excluding tert-OH is 7. The fourth-order valence-corrected chi connectivity index (χ4v) is 2.22. The lowest BCUT2D eigenvalue weighted by Crippen LogP contribution is -2.59. The van der Waals surface area contributed by atoms with Gasteiger partial charge in [0.2, 0.25) is 12.0 Å². The summed E-state index contributed by atoms with van der Waals surface area (Å²) in [7, 11) is 0. The molecule has 0 amide bonds. The van der Waals surface area contributed by atoms with Crippen molar-refractivity contribution in [2.45, 2.75) is 42.9 Å². The quantitative estimate of drug-likeness (QED) is 0.241. The average molecular weight is 338 g/mol. The van der Waals surface area contributed by atoms with Gasteiger partial charge in [0.05, 0.1) is 13.2 Å². The molecule has 11 heteroatoms. The number of hydrogen-bond acceptors (Lipinski definition) is 11. The van der Waals surface area contributed by atoms with Crippen molar-refractivity contribution in [2.75, 3.05) is 13.2 Å². The number of rotatable bonds is 5. The van der Waals surface area contributed by atoms with Crippen molar-refractivity contribution in [3.8, 4) is 0 Å². The van der Waals surface area contributed by atoms with Gasteiger partial charge in [-0.15, -0.1) is 0 Å². The zero-order chi connectivity index (χ0) is 17.3. The summed E-state index contributed by atoms with van der Waals surface area (Å²) in [4.78, 5) is 11.3. The number of carbonyl (C=O) groups is 1. The van der Waals surface area contributed by atoms with E-state index >= 15 is 0 Å². The summed E-state index contributed by atoms with van der Waals surface area (Å²) in [5, 5.41) is 66.3. The number of aliphatic hydroxyl groups is 7. The Labute approximate surface area is 129 Å². The van der Waals surface area contributed by atoms with Gasteiger partial charge in [0.25, 0.3) is 0 Å². The van der Waals surface area contributed by atoms with E-state index in [4.69, 9.17) is 19.7 Å². The maximum absolute atomic E-state index is 11.3. The second-order valence-electron chi connectivity index (χ2n) is 5.10. The predicted molar refractivity (Wildman–Crippen MR) is 67.5 cm³/mol. The maximum atomic E-state index is 11.3. The number of esters is 1. The van der Waals surface area contributed by atoms with Crippen LogP contribution in [0.3, 0.4) is 0 Å². The number of carbonyl (C=O) groups excluding carboxylic acids is 1. The third-order valence-corrected chi connectivity index (χ3v) is 3.55. The first-order valence-electron chi connectivity index (χ1n) is 6.72. The van der Waals surface area contributed by atoms with E-state index in [-0.39, 0.29) is 0 Å². The van der Waals surface area contributed by atoms with E-state index in [1.54, 1.807) is 0 Å². The van der Waals surface area contributed by atoms with E-state index in [1.807, 2.05) is 0 Å². The number of hydrogen-bond donors (Lipinski definition) is 7. The van der Waals surface area contributed by atoms with Gasteiger partial charge in [-0.2, -0.15) is 0 Å². The van der Waals surface area contributed by atoms with E-state index in [0.29, 0.717) is 0 Å². The molecule has 0 radical (unpaired) electrons. The summed E-state index contributed by atoms with van der Waals surface area (Å²) in [6, 6.07) is 0. The van der Waals surface area contributed by atoms with Crippen LogP contribution in [0.1, 0.15) is 0 Å². The van der Waals surface area contributed by atoms with Crippen LogP contribution in [0.15, 0.2) is 11.5 Å². The minimum Gasteiger partial charge on any atom is -0.499 e. The van der Waals surface area contributed by atoms with Crippen LogP contribution >= 0.6 is 0 Å². The molecule has 23 heavy (non-hydrogen) atoms. The first-order valence-corrected chi connectivity index (χ1v) is 6.72. The third-order valence-electron chi connectivity index (χ3n) is 3.55. The summed E-state index contributed by atoms with van der Waals surface area (Å²) in [6.45, 7) is -1.51. The van der Waals surface area contributed by atoms with Crippen LogP contribution in [0.25, 0.3) is 0 Å². The highest BCUT2D eigenvalue weighted by atomic mass is 16.7. The Balaban J connectivity index is 2.20. The highest BCUT2D eigenvalue weighted by Gasteiger charge is 2.48. The predicted octanol–water partition coefficient (Wildman–Crippen LogP) is -4.15. The van der Waals surface area contributed by atoms with Crippen molar-refractivity contribution in [1.29, 1.82) is 0 Å². The Morgan fingerprint density at radius 1 is 1.13 bits per heavy atom. The molecule has 132 valence electrons. The van der Waals surface area contributed by atoms with Crippen molar-refractivity contribution in [2.24, 2.45) is 0 Å². The topological polar surface area (TPSA) is 186 Å². The lowest BCUT2D eigenvalue weighted by Gasteiger charge is -2.40. The molecular weight excluding hydrogens is 320 g/mol. The van der Waals surface area contributed by atoms with E-state index in [9.17, 15) is 30.3 Å². The van der Waals surface area contributed by atoms with Crippen molar-refractivity contribution < 1.29 is 54.8 Å². The average Bonchev–Trinajstić information content (AvgIpc) is 2.82. The minimum atomic E-state index is -1.78. The first-order chi connectivity index (χ1) is 10.8. The lowest BCUT2D eigenvalue weighted by atomic mass is 9.99. The summed E-state index contributed by atoms with van der Waals surface area (Å²) < 4.78 is 14.8. The van der Waals surface area contributed by atoms with Crippen LogP contribution < -0.4 is 0 Å². The van der Waals surface area contributed by atoms with Gasteiger partial charge in [-0.1, -0.05) is 0 Å². The molecule has 0 saturated carbocycles. The molecular formula is C12H18O11. The standard InChI is InChI=1S/C12H18O11/c13-1-3(15)9-10(8(19)11(20)22-9)23-12-7(18)6(17)5(16)4(2-14)21-12/h3-7,9,12-19H,1-2H2/t3-,4+,5-,6-,7+,9+,12?/m0/s1. The number of cyclic esters (lactones) is 1. The normalized spacial score (nSPS) is 39.3. The van der Waals surface area contributed by atoms with Crippen LogP contribution in [0.4, 0.5) is 0 Å². The van der Waals surface area contributed by atoms with Gasteiger partial charge in [-0.05, 0) is 0 Å². The summed E-state index contributed by atoms with van der Waals surface area (Å²) in [5.41, 5.74) is 0.